The maximum atomic E-state index is 11.8. The van der Waals surface area contributed by atoms with E-state index in [1.54, 1.807) is 0 Å². The van der Waals surface area contributed by atoms with Crippen LogP contribution in [0.4, 0.5) is 0 Å². The van der Waals surface area contributed by atoms with E-state index in [9.17, 15) is 4.79 Å². The number of carbonyl (C=O) groups excluding carboxylic acids is 1. The molecule has 2 rings (SSSR count). The van der Waals surface area contributed by atoms with Crippen LogP contribution in [-0.2, 0) is 42.2 Å². The molecule has 2 nitrogen and oxygen atoms in total. The Labute approximate surface area is 194 Å². The molecule has 3 heteroatoms. The van der Waals surface area contributed by atoms with Gasteiger partial charge in [0.15, 0.2) is 0 Å². The predicted molar refractivity (Wildman–Crippen MR) is 112 cm³/mol. The molecule has 0 N–H and O–H groups in total. The van der Waals surface area contributed by atoms with Crippen LogP contribution in [0.3, 0.4) is 0 Å². The van der Waals surface area contributed by atoms with Gasteiger partial charge in [0.05, 0.1) is 0 Å². The van der Waals surface area contributed by atoms with Crippen LogP contribution in [-0.4, -0.2) is 19.0 Å². The van der Waals surface area contributed by atoms with Gasteiger partial charge in [0.25, 0.3) is 0 Å². The molecule has 3 atom stereocenters. The number of hydrogen-bond acceptors (Lipinski definition) is 2. The monoisotopic (exact) mass is 451 g/mol. The first kappa shape index (κ1) is 27.5. The second-order valence-corrected chi connectivity index (χ2v) is 10.3. The average Bonchev–Trinajstić information content (AvgIpc) is 3.11. The Kier molecular flexibility index (Phi) is 12.4. The molecule has 0 spiro atoms. The molecule has 0 heterocycles. The number of ether oxygens (including phenoxy) is 1. The quantitative estimate of drug-likeness (QED) is 0.361. The maximum absolute atomic E-state index is 11.8. The Balaban J connectivity index is 0.000000483. The van der Waals surface area contributed by atoms with E-state index < -0.39 is 0 Å². The van der Waals surface area contributed by atoms with Gasteiger partial charge in [-0.25, -0.2) is 0 Å². The second kappa shape index (κ2) is 12.2. The van der Waals surface area contributed by atoms with E-state index in [0.29, 0.717) is 6.61 Å². The smallest absolute Gasteiger partial charge is 0.111 e. The van der Waals surface area contributed by atoms with Crippen LogP contribution in [0, 0.1) is 48.3 Å². The molecule has 1 radical (unpaired) electrons. The summed E-state index contributed by atoms with van der Waals surface area (Å²) in [6.07, 6.45) is 10.9. The number of carbonyl (C=O) groups is 1. The summed E-state index contributed by atoms with van der Waals surface area (Å²) in [6, 6.07) is 0. The zero-order valence-corrected chi connectivity index (χ0v) is 21.6. The van der Waals surface area contributed by atoms with Crippen LogP contribution < -0.4 is 0 Å². The summed E-state index contributed by atoms with van der Waals surface area (Å²) in [5, 5.41) is 0. The number of rotatable bonds is 5. The Morgan fingerprint density at radius 3 is 1.93 bits per heavy atom. The van der Waals surface area contributed by atoms with Gasteiger partial charge in [0.2, 0.25) is 0 Å². The molecular formula is C24H42O2Y-2. The van der Waals surface area contributed by atoms with Gasteiger partial charge in [-0.15, -0.1) is 5.92 Å². The zero-order valence-electron chi connectivity index (χ0n) is 18.7. The Morgan fingerprint density at radius 1 is 1.07 bits per heavy atom. The first-order valence-corrected chi connectivity index (χ1v) is 10.4. The topological polar surface area (TPSA) is 26.3 Å². The number of fused-ring (bicyclic) bond motifs is 1. The van der Waals surface area contributed by atoms with Crippen LogP contribution >= 0.6 is 0 Å². The predicted octanol–water partition coefficient (Wildman–Crippen LogP) is 6.32. The number of ketones is 1. The Bertz CT molecular complexity index is 440. The van der Waals surface area contributed by atoms with E-state index in [2.05, 4.69) is 46.8 Å². The summed E-state index contributed by atoms with van der Waals surface area (Å²) in [6.45, 7) is 21.5. The largest absolute Gasteiger partial charge is 0.413 e. The number of hydrogen-bond donors (Lipinski definition) is 0. The van der Waals surface area contributed by atoms with Crippen LogP contribution in [0.2, 0.25) is 0 Å². The van der Waals surface area contributed by atoms with Gasteiger partial charge in [-0.1, -0.05) is 66.7 Å². The minimum absolute atomic E-state index is 0. The van der Waals surface area contributed by atoms with E-state index in [0.717, 1.165) is 30.8 Å². The van der Waals surface area contributed by atoms with E-state index in [1.165, 1.54) is 25.7 Å². The molecule has 0 aromatic heterocycles. The SMILES string of the molecule is [CH2-]C(CC(C)(C)C)C(=O)C(C)(C)C.[CH2-]COCC1C2CC/C=C/CCC21.[Y]. The second-order valence-electron chi connectivity index (χ2n) is 10.3. The van der Waals surface area contributed by atoms with Crippen LogP contribution in [0.15, 0.2) is 12.2 Å². The first-order chi connectivity index (χ1) is 12.0. The molecule has 1 saturated carbocycles. The molecule has 0 bridgehead atoms. The van der Waals surface area contributed by atoms with Gasteiger partial charge >= 0.3 is 0 Å². The van der Waals surface area contributed by atoms with Crippen molar-refractivity contribution < 1.29 is 42.2 Å². The summed E-state index contributed by atoms with van der Waals surface area (Å²) in [5.41, 5.74) is -0.0645. The van der Waals surface area contributed by atoms with Gasteiger partial charge in [0.1, 0.15) is 5.78 Å². The fraction of sp³-hybridized carbons (Fsp3) is 0.792. The van der Waals surface area contributed by atoms with Crippen molar-refractivity contribution in [2.75, 3.05) is 13.2 Å². The number of Topliss-reactive ketones (excluding diaryl/α,β-unsaturated/α-hetero) is 1. The van der Waals surface area contributed by atoms with Crippen molar-refractivity contribution in [1.82, 2.24) is 0 Å². The minimum Gasteiger partial charge on any atom is -0.413 e. The van der Waals surface area contributed by atoms with Crippen LogP contribution in [0.5, 0.6) is 0 Å². The van der Waals surface area contributed by atoms with Gasteiger partial charge in [-0.2, -0.15) is 0 Å². The van der Waals surface area contributed by atoms with E-state index in [4.69, 9.17) is 4.74 Å². The van der Waals surface area contributed by atoms with Gasteiger partial charge < -0.3 is 23.4 Å². The fourth-order valence-corrected chi connectivity index (χ4v) is 4.10. The third-order valence-corrected chi connectivity index (χ3v) is 5.43. The summed E-state index contributed by atoms with van der Waals surface area (Å²) >= 11 is 0. The normalized spacial score (nSPS) is 26.9. The van der Waals surface area contributed by atoms with E-state index in [1.807, 2.05) is 20.8 Å². The molecule has 0 amide bonds. The molecule has 0 aliphatic heterocycles. The summed E-state index contributed by atoms with van der Waals surface area (Å²) in [7, 11) is 0. The Morgan fingerprint density at radius 2 is 1.56 bits per heavy atom. The molecule has 2 aliphatic carbocycles. The maximum Gasteiger partial charge on any atom is 0.111 e. The molecule has 155 valence electrons. The zero-order chi connectivity index (χ0) is 20.0. The van der Waals surface area contributed by atoms with Crippen LogP contribution in [0.25, 0.3) is 0 Å². The van der Waals surface area contributed by atoms with Crippen molar-refractivity contribution in [1.29, 1.82) is 0 Å². The van der Waals surface area contributed by atoms with Crippen molar-refractivity contribution in [3.05, 3.63) is 26.0 Å². The first-order valence-electron chi connectivity index (χ1n) is 10.4. The van der Waals surface area contributed by atoms with Crippen molar-refractivity contribution in [2.45, 2.75) is 73.6 Å². The summed E-state index contributed by atoms with van der Waals surface area (Å²) < 4.78 is 5.40. The minimum atomic E-state index is -0.252. The third kappa shape index (κ3) is 10.7. The average molecular weight is 452 g/mol. The molecule has 1 fully saturated rings. The standard InChI is InChI=1S/C12H19O.C12H23O.Y/c1-2-13-9-12-10-7-5-3-4-6-8-11(10)12;1-9(8-11(2,3)4)10(13)12(5,6)7;/h3-4,10-12H,1-2,5-9H2;9H,1,8H2,2-7H3;/q2*-1;/b4-3+;;. The van der Waals surface area contributed by atoms with E-state index in [-0.39, 0.29) is 55.2 Å². The summed E-state index contributed by atoms with van der Waals surface area (Å²) in [4.78, 5) is 11.8. The van der Waals surface area contributed by atoms with Gasteiger partial charge in [-0.3, -0.25) is 0 Å². The summed E-state index contributed by atoms with van der Waals surface area (Å²) in [5.74, 6) is 3.00. The van der Waals surface area contributed by atoms with Crippen molar-refractivity contribution in [3.8, 4) is 0 Å². The van der Waals surface area contributed by atoms with Crippen molar-refractivity contribution in [2.24, 2.45) is 34.5 Å². The Hall–Kier alpha value is 0.474. The van der Waals surface area contributed by atoms with Crippen LogP contribution in [0.1, 0.15) is 73.6 Å². The van der Waals surface area contributed by atoms with E-state index >= 15 is 0 Å². The molecular weight excluding hydrogens is 409 g/mol. The molecule has 0 saturated heterocycles. The molecule has 3 unspecified atom stereocenters. The third-order valence-electron chi connectivity index (χ3n) is 5.43. The van der Waals surface area contributed by atoms with Gasteiger partial charge in [-0.05, 0) is 48.9 Å². The van der Waals surface area contributed by atoms with Crippen molar-refractivity contribution >= 4 is 5.78 Å². The van der Waals surface area contributed by atoms with Gasteiger partial charge in [0, 0.05) is 44.7 Å². The molecule has 2 aliphatic rings. The van der Waals surface area contributed by atoms with Crippen molar-refractivity contribution in [3.63, 3.8) is 0 Å². The number of allylic oxidation sites excluding steroid dienone is 2. The molecule has 0 aromatic carbocycles. The fourth-order valence-electron chi connectivity index (χ4n) is 4.10. The molecule has 27 heavy (non-hydrogen) atoms. The molecule has 0 aromatic rings.